The van der Waals surface area contributed by atoms with Crippen molar-refractivity contribution in [2.45, 2.75) is 26.7 Å². The summed E-state index contributed by atoms with van der Waals surface area (Å²) in [6.07, 6.45) is 0. The van der Waals surface area contributed by atoms with E-state index in [0.717, 1.165) is 11.1 Å². The summed E-state index contributed by atoms with van der Waals surface area (Å²) in [6.45, 7) is 5.92. The third-order valence-corrected chi connectivity index (χ3v) is 4.00. The van der Waals surface area contributed by atoms with Crippen LogP contribution in [0.25, 0.3) is 0 Å². The lowest BCUT2D eigenvalue weighted by Crippen LogP contribution is -2.37. The number of carboxylic acids is 1. The van der Waals surface area contributed by atoms with Crippen LogP contribution in [0.15, 0.2) is 42.5 Å². The lowest BCUT2D eigenvalue weighted by atomic mass is 10.0. The Hall–Kier alpha value is -2.93. The number of carboxylic acid groups (broad SMARTS) is 1. The molecular formula is C20H22N2O4S. The van der Waals surface area contributed by atoms with Gasteiger partial charge in [0.05, 0.1) is 5.56 Å². The molecule has 0 heterocycles. The lowest BCUT2D eigenvalue weighted by Gasteiger charge is -2.15. The van der Waals surface area contributed by atoms with Gasteiger partial charge in [0.1, 0.15) is 5.75 Å². The molecule has 27 heavy (non-hydrogen) atoms. The predicted molar refractivity (Wildman–Crippen MR) is 109 cm³/mol. The van der Waals surface area contributed by atoms with Crippen molar-refractivity contribution in [2.24, 2.45) is 0 Å². The number of carbonyl (C=O) groups excluding carboxylic acids is 1. The Kier molecular flexibility index (Phi) is 6.90. The first-order chi connectivity index (χ1) is 12.8. The molecule has 0 aliphatic heterocycles. The Morgan fingerprint density at radius 1 is 1.15 bits per heavy atom. The Balaban J connectivity index is 1.89. The highest BCUT2D eigenvalue weighted by atomic mass is 32.1. The van der Waals surface area contributed by atoms with Crippen LogP contribution in [0, 0.1) is 6.92 Å². The van der Waals surface area contributed by atoms with Crippen LogP contribution in [0.4, 0.5) is 5.69 Å². The molecule has 142 valence electrons. The highest BCUT2D eigenvalue weighted by Gasteiger charge is 2.11. The molecule has 7 heteroatoms. The SMILES string of the molecule is Cc1ccc(C(C)C)c(OCC(=O)NC(=S)Nc2ccc(C(=O)O)cc2)c1. The molecule has 0 saturated carbocycles. The summed E-state index contributed by atoms with van der Waals surface area (Å²) in [4.78, 5) is 22.9. The van der Waals surface area contributed by atoms with Gasteiger partial charge in [-0.3, -0.25) is 10.1 Å². The molecule has 6 nitrogen and oxygen atoms in total. The average molecular weight is 386 g/mol. The van der Waals surface area contributed by atoms with Gasteiger partial charge in [0.25, 0.3) is 5.91 Å². The standard InChI is InChI=1S/C20H22N2O4S/c1-12(2)16-9-4-13(3)10-17(16)26-11-18(23)22-20(27)21-15-7-5-14(6-8-15)19(24)25/h4-10,12H,11H2,1-3H3,(H,24,25)(H2,21,22,23,27). The first kappa shape index (κ1) is 20.4. The zero-order chi connectivity index (χ0) is 20.0. The van der Waals surface area contributed by atoms with Crippen molar-refractivity contribution in [1.29, 1.82) is 0 Å². The van der Waals surface area contributed by atoms with Gasteiger partial charge in [-0.2, -0.15) is 0 Å². The maximum absolute atomic E-state index is 12.1. The fourth-order valence-electron chi connectivity index (χ4n) is 2.41. The molecule has 2 rings (SSSR count). The normalized spacial score (nSPS) is 10.4. The van der Waals surface area contributed by atoms with E-state index in [-0.39, 0.29) is 29.1 Å². The number of carbonyl (C=O) groups is 2. The van der Waals surface area contributed by atoms with Gasteiger partial charge in [-0.15, -0.1) is 0 Å². The molecule has 0 fully saturated rings. The number of thiocarbonyl (C=S) groups is 1. The third kappa shape index (κ3) is 6.07. The second kappa shape index (κ2) is 9.14. The largest absolute Gasteiger partial charge is 0.483 e. The number of benzene rings is 2. The molecule has 0 aliphatic rings. The number of hydrogen-bond donors (Lipinski definition) is 3. The third-order valence-electron chi connectivity index (χ3n) is 3.79. The van der Waals surface area contributed by atoms with E-state index in [2.05, 4.69) is 24.5 Å². The molecular weight excluding hydrogens is 364 g/mol. The fourth-order valence-corrected chi connectivity index (χ4v) is 2.64. The number of aryl methyl sites for hydroxylation is 1. The summed E-state index contributed by atoms with van der Waals surface area (Å²) in [5.41, 5.74) is 2.83. The summed E-state index contributed by atoms with van der Waals surface area (Å²) >= 11 is 5.10. The number of hydrogen-bond acceptors (Lipinski definition) is 4. The molecule has 0 aromatic heterocycles. The van der Waals surface area contributed by atoms with Crippen LogP contribution < -0.4 is 15.4 Å². The molecule has 1 amide bonds. The molecule has 3 N–H and O–H groups in total. The number of anilines is 1. The molecule has 0 radical (unpaired) electrons. The van der Waals surface area contributed by atoms with E-state index in [9.17, 15) is 9.59 Å². The number of nitrogens with one attached hydrogen (secondary N) is 2. The van der Waals surface area contributed by atoms with E-state index in [1.54, 1.807) is 12.1 Å². The minimum Gasteiger partial charge on any atom is -0.483 e. The molecule has 2 aromatic rings. The molecule has 0 spiro atoms. The van der Waals surface area contributed by atoms with Crippen molar-refractivity contribution in [3.05, 3.63) is 59.2 Å². The Morgan fingerprint density at radius 3 is 2.41 bits per heavy atom. The van der Waals surface area contributed by atoms with Gasteiger partial charge in [0.15, 0.2) is 11.7 Å². The fraction of sp³-hybridized carbons (Fsp3) is 0.250. The Morgan fingerprint density at radius 2 is 1.81 bits per heavy atom. The molecule has 0 atom stereocenters. The molecule has 2 aromatic carbocycles. The zero-order valence-corrected chi connectivity index (χ0v) is 16.2. The maximum atomic E-state index is 12.1. The smallest absolute Gasteiger partial charge is 0.335 e. The maximum Gasteiger partial charge on any atom is 0.335 e. The zero-order valence-electron chi connectivity index (χ0n) is 15.4. The topological polar surface area (TPSA) is 87.7 Å². The van der Waals surface area contributed by atoms with Crippen LogP contribution in [-0.4, -0.2) is 28.7 Å². The summed E-state index contributed by atoms with van der Waals surface area (Å²) in [5, 5.41) is 14.4. The van der Waals surface area contributed by atoms with Crippen molar-refractivity contribution in [3.8, 4) is 5.75 Å². The number of amides is 1. The summed E-state index contributed by atoms with van der Waals surface area (Å²) < 4.78 is 5.67. The van der Waals surface area contributed by atoms with Crippen molar-refractivity contribution in [1.82, 2.24) is 5.32 Å². The Bertz CT molecular complexity index is 848. The van der Waals surface area contributed by atoms with E-state index in [1.807, 2.05) is 25.1 Å². The van der Waals surface area contributed by atoms with Crippen LogP contribution in [0.5, 0.6) is 5.75 Å². The first-order valence-electron chi connectivity index (χ1n) is 8.44. The first-order valence-corrected chi connectivity index (χ1v) is 8.84. The minimum absolute atomic E-state index is 0.111. The quantitative estimate of drug-likeness (QED) is 0.656. The monoisotopic (exact) mass is 386 g/mol. The van der Waals surface area contributed by atoms with Gasteiger partial charge >= 0.3 is 5.97 Å². The minimum atomic E-state index is -1.01. The van der Waals surface area contributed by atoms with Crippen LogP contribution >= 0.6 is 12.2 Å². The number of ether oxygens (including phenoxy) is 1. The van der Waals surface area contributed by atoms with Crippen molar-refractivity contribution >= 4 is 34.9 Å². The van der Waals surface area contributed by atoms with Gasteiger partial charge in [-0.25, -0.2) is 4.79 Å². The highest BCUT2D eigenvalue weighted by molar-refractivity contribution is 7.80. The van der Waals surface area contributed by atoms with Crippen LogP contribution in [0.1, 0.15) is 41.3 Å². The molecule has 0 unspecified atom stereocenters. The van der Waals surface area contributed by atoms with E-state index in [0.29, 0.717) is 11.4 Å². The lowest BCUT2D eigenvalue weighted by molar-refractivity contribution is -0.121. The van der Waals surface area contributed by atoms with Gasteiger partial charge in [-0.05, 0) is 66.5 Å². The van der Waals surface area contributed by atoms with Crippen LogP contribution in [0.2, 0.25) is 0 Å². The van der Waals surface area contributed by atoms with E-state index < -0.39 is 5.97 Å². The van der Waals surface area contributed by atoms with Crippen molar-refractivity contribution in [3.63, 3.8) is 0 Å². The second-order valence-electron chi connectivity index (χ2n) is 6.37. The molecule has 0 aliphatic carbocycles. The van der Waals surface area contributed by atoms with Crippen LogP contribution in [-0.2, 0) is 4.79 Å². The van der Waals surface area contributed by atoms with Gasteiger partial charge in [-0.1, -0.05) is 26.0 Å². The molecule has 0 saturated heterocycles. The van der Waals surface area contributed by atoms with Crippen molar-refractivity contribution < 1.29 is 19.4 Å². The second-order valence-corrected chi connectivity index (χ2v) is 6.78. The number of rotatable bonds is 6. The molecule has 0 bridgehead atoms. The predicted octanol–water partition coefficient (Wildman–Crippen LogP) is 3.71. The highest BCUT2D eigenvalue weighted by Crippen LogP contribution is 2.27. The van der Waals surface area contributed by atoms with Gasteiger partial charge in [0, 0.05) is 5.69 Å². The van der Waals surface area contributed by atoms with Gasteiger partial charge in [0.2, 0.25) is 0 Å². The van der Waals surface area contributed by atoms with Crippen LogP contribution in [0.3, 0.4) is 0 Å². The van der Waals surface area contributed by atoms with E-state index >= 15 is 0 Å². The summed E-state index contributed by atoms with van der Waals surface area (Å²) in [6, 6.07) is 12.0. The summed E-state index contributed by atoms with van der Waals surface area (Å²) in [5.74, 6) is -0.430. The van der Waals surface area contributed by atoms with E-state index in [1.165, 1.54) is 12.1 Å². The summed E-state index contributed by atoms with van der Waals surface area (Å²) in [7, 11) is 0. The number of aromatic carboxylic acids is 1. The average Bonchev–Trinajstić information content (AvgIpc) is 2.60. The van der Waals surface area contributed by atoms with Crippen molar-refractivity contribution in [2.75, 3.05) is 11.9 Å². The van der Waals surface area contributed by atoms with Gasteiger partial charge < -0.3 is 15.2 Å². The Labute approximate surface area is 163 Å². The van der Waals surface area contributed by atoms with E-state index in [4.69, 9.17) is 22.1 Å².